The molecule has 2 aliphatic heterocycles. The fourth-order valence-electron chi connectivity index (χ4n) is 3.39. The molecule has 1 aromatic rings. The van der Waals surface area contributed by atoms with E-state index in [0.29, 0.717) is 37.9 Å². The van der Waals surface area contributed by atoms with Crippen LogP contribution in [0.15, 0.2) is 18.5 Å². The maximum atomic E-state index is 12.7. The first kappa shape index (κ1) is 16.7. The van der Waals surface area contributed by atoms with Crippen molar-refractivity contribution < 1.29 is 9.59 Å². The van der Waals surface area contributed by atoms with Crippen LogP contribution in [0.2, 0.25) is 0 Å². The minimum Gasteiger partial charge on any atom is -0.342 e. The standard InChI is InChI=1S/C17H25N5O2/c1-13(2)11-22-12-14(10-15(22)23)16(24)20-6-8-21(9-7-20)17-18-4-3-5-19-17/h3-5,13-14H,6-12H2,1-2H3/t14-/m0/s1. The predicted octanol–water partition coefficient (Wildman–Crippen LogP) is 0.630. The third-order valence-electron chi connectivity index (χ3n) is 4.58. The van der Waals surface area contributed by atoms with Gasteiger partial charge < -0.3 is 14.7 Å². The molecule has 130 valence electrons. The quantitative estimate of drug-likeness (QED) is 0.809. The lowest BCUT2D eigenvalue weighted by Gasteiger charge is -2.35. The first-order valence-corrected chi connectivity index (χ1v) is 8.63. The number of hydrogen-bond donors (Lipinski definition) is 0. The molecule has 0 bridgehead atoms. The highest BCUT2D eigenvalue weighted by molar-refractivity contribution is 5.89. The molecule has 3 rings (SSSR count). The molecule has 0 aliphatic carbocycles. The largest absolute Gasteiger partial charge is 0.342 e. The number of hydrogen-bond acceptors (Lipinski definition) is 5. The molecule has 0 saturated carbocycles. The molecular formula is C17H25N5O2. The second-order valence-corrected chi connectivity index (χ2v) is 6.95. The first-order valence-electron chi connectivity index (χ1n) is 8.63. The van der Waals surface area contributed by atoms with Crippen molar-refractivity contribution in [3.05, 3.63) is 18.5 Å². The summed E-state index contributed by atoms with van der Waals surface area (Å²) < 4.78 is 0. The lowest BCUT2D eigenvalue weighted by atomic mass is 10.1. The third-order valence-corrected chi connectivity index (χ3v) is 4.58. The monoisotopic (exact) mass is 331 g/mol. The summed E-state index contributed by atoms with van der Waals surface area (Å²) in [5, 5.41) is 0. The average Bonchev–Trinajstić information content (AvgIpc) is 2.95. The van der Waals surface area contributed by atoms with Gasteiger partial charge in [0.15, 0.2) is 0 Å². The van der Waals surface area contributed by atoms with Gasteiger partial charge in [-0.3, -0.25) is 9.59 Å². The smallest absolute Gasteiger partial charge is 0.228 e. The molecule has 2 saturated heterocycles. The molecule has 24 heavy (non-hydrogen) atoms. The van der Waals surface area contributed by atoms with Gasteiger partial charge in [-0.2, -0.15) is 0 Å². The molecule has 1 aromatic heterocycles. The van der Waals surface area contributed by atoms with Crippen LogP contribution in [0.3, 0.4) is 0 Å². The predicted molar refractivity (Wildman–Crippen MR) is 90.4 cm³/mol. The zero-order valence-electron chi connectivity index (χ0n) is 14.4. The summed E-state index contributed by atoms with van der Waals surface area (Å²) in [6.07, 6.45) is 3.81. The van der Waals surface area contributed by atoms with Crippen LogP contribution in [0.4, 0.5) is 5.95 Å². The van der Waals surface area contributed by atoms with Crippen molar-refractivity contribution in [1.82, 2.24) is 19.8 Å². The summed E-state index contributed by atoms with van der Waals surface area (Å²) >= 11 is 0. The number of rotatable bonds is 4. The van der Waals surface area contributed by atoms with Crippen LogP contribution < -0.4 is 4.90 Å². The molecule has 1 atom stereocenters. The Kier molecular flexibility index (Phi) is 4.97. The van der Waals surface area contributed by atoms with Crippen molar-refractivity contribution in [2.24, 2.45) is 11.8 Å². The van der Waals surface area contributed by atoms with Gasteiger partial charge in [-0.25, -0.2) is 9.97 Å². The number of carbonyl (C=O) groups is 2. The number of piperazine rings is 1. The van der Waals surface area contributed by atoms with Gasteiger partial charge in [0, 0.05) is 58.1 Å². The fraction of sp³-hybridized carbons (Fsp3) is 0.647. The molecule has 3 heterocycles. The molecule has 2 aliphatic rings. The van der Waals surface area contributed by atoms with Crippen LogP contribution in [0.25, 0.3) is 0 Å². The molecule has 0 aromatic carbocycles. The Balaban J connectivity index is 1.53. The lowest BCUT2D eigenvalue weighted by Crippen LogP contribution is -2.51. The van der Waals surface area contributed by atoms with Crippen LogP contribution in [0.5, 0.6) is 0 Å². The van der Waals surface area contributed by atoms with E-state index in [4.69, 9.17) is 0 Å². The molecule has 0 N–H and O–H groups in total. The van der Waals surface area contributed by atoms with Crippen LogP contribution >= 0.6 is 0 Å². The Morgan fingerprint density at radius 3 is 2.50 bits per heavy atom. The molecular weight excluding hydrogens is 306 g/mol. The van der Waals surface area contributed by atoms with Crippen molar-refractivity contribution >= 4 is 17.8 Å². The van der Waals surface area contributed by atoms with E-state index < -0.39 is 0 Å². The van der Waals surface area contributed by atoms with Gasteiger partial charge in [0.1, 0.15) is 0 Å². The van der Waals surface area contributed by atoms with E-state index in [1.54, 1.807) is 18.5 Å². The van der Waals surface area contributed by atoms with Gasteiger partial charge in [-0.15, -0.1) is 0 Å². The molecule has 2 amide bonds. The summed E-state index contributed by atoms with van der Waals surface area (Å²) in [6.45, 7) is 8.26. The third kappa shape index (κ3) is 3.66. The molecule has 7 nitrogen and oxygen atoms in total. The van der Waals surface area contributed by atoms with Gasteiger partial charge in [0.05, 0.1) is 5.92 Å². The minimum atomic E-state index is -0.184. The maximum Gasteiger partial charge on any atom is 0.228 e. The van der Waals surface area contributed by atoms with E-state index in [-0.39, 0.29) is 17.7 Å². The maximum absolute atomic E-state index is 12.7. The van der Waals surface area contributed by atoms with Gasteiger partial charge in [-0.1, -0.05) is 13.8 Å². The van der Waals surface area contributed by atoms with Gasteiger partial charge in [0.2, 0.25) is 17.8 Å². The fourth-order valence-corrected chi connectivity index (χ4v) is 3.39. The van der Waals surface area contributed by atoms with Crippen LogP contribution in [0.1, 0.15) is 20.3 Å². The summed E-state index contributed by atoms with van der Waals surface area (Å²) in [5.41, 5.74) is 0. The van der Waals surface area contributed by atoms with Crippen molar-refractivity contribution in [1.29, 1.82) is 0 Å². The number of aromatic nitrogens is 2. The van der Waals surface area contributed by atoms with Crippen LogP contribution in [-0.4, -0.2) is 70.9 Å². The number of amides is 2. The Labute approximate surface area is 142 Å². The highest BCUT2D eigenvalue weighted by Crippen LogP contribution is 2.22. The number of nitrogens with zero attached hydrogens (tertiary/aromatic N) is 5. The normalized spacial score (nSPS) is 21.7. The van der Waals surface area contributed by atoms with Gasteiger partial charge in [-0.05, 0) is 12.0 Å². The average molecular weight is 331 g/mol. The highest BCUT2D eigenvalue weighted by atomic mass is 16.2. The van der Waals surface area contributed by atoms with Gasteiger partial charge >= 0.3 is 0 Å². The second kappa shape index (κ2) is 7.15. The van der Waals surface area contributed by atoms with Crippen LogP contribution in [-0.2, 0) is 9.59 Å². The highest BCUT2D eigenvalue weighted by Gasteiger charge is 2.37. The van der Waals surface area contributed by atoms with Gasteiger partial charge in [0.25, 0.3) is 0 Å². The molecule has 0 radical (unpaired) electrons. The van der Waals surface area contributed by atoms with Crippen molar-refractivity contribution in [2.45, 2.75) is 20.3 Å². The lowest BCUT2D eigenvalue weighted by molar-refractivity contribution is -0.136. The Morgan fingerprint density at radius 1 is 1.21 bits per heavy atom. The summed E-state index contributed by atoms with van der Waals surface area (Å²) in [4.78, 5) is 39.1. The topological polar surface area (TPSA) is 69.6 Å². The summed E-state index contributed by atoms with van der Waals surface area (Å²) in [7, 11) is 0. The summed E-state index contributed by atoms with van der Waals surface area (Å²) in [5.74, 6) is 1.18. The van der Waals surface area contributed by atoms with Crippen LogP contribution in [0, 0.1) is 11.8 Å². The Bertz CT molecular complexity index is 584. The van der Waals surface area contributed by atoms with Crippen molar-refractivity contribution in [3.8, 4) is 0 Å². The second-order valence-electron chi connectivity index (χ2n) is 6.95. The number of anilines is 1. The van der Waals surface area contributed by atoms with Crippen molar-refractivity contribution in [2.75, 3.05) is 44.2 Å². The Hall–Kier alpha value is -2.18. The zero-order valence-corrected chi connectivity index (χ0v) is 14.4. The Morgan fingerprint density at radius 2 is 1.88 bits per heavy atom. The van der Waals surface area contributed by atoms with E-state index in [1.807, 2.05) is 9.80 Å². The van der Waals surface area contributed by atoms with E-state index in [0.717, 1.165) is 19.6 Å². The van der Waals surface area contributed by atoms with E-state index in [2.05, 4.69) is 28.7 Å². The number of carbonyl (C=O) groups excluding carboxylic acids is 2. The summed E-state index contributed by atoms with van der Waals surface area (Å²) in [6, 6.07) is 1.79. The molecule has 0 spiro atoms. The SMILES string of the molecule is CC(C)CN1C[C@@H](C(=O)N2CCN(c3ncccn3)CC2)CC1=O. The van der Waals surface area contributed by atoms with E-state index >= 15 is 0 Å². The molecule has 2 fully saturated rings. The molecule has 0 unspecified atom stereocenters. The van der Waals surface area contributed by atoms with Crippen molar-refractivity contribution in [3.63, 3.8) is 0 Å². The molecule has 7 heteroatoms. The van der Waals surface area contributed by atoms with E-state index in [1.165, 1.54) is 0 Å². The minimum absolute atomic E-state index is 0.110. The first-order chi connectivity index (χ1) is 11.5. The zero-order chi connectivity index (χ0) is 17.1. The number of likely N-dealkylation sites (tertiary alicyclic amines) is 1. The van der Waals surface area contributed by atoms with E-state index in [9.17, 15) is 9.59 Å².